The van der Waals surface area contributed by atoms with Crippen LogP contribution in [0, 0.1) is 0 Å². The zero-order valence-electron chi connectivity index (χ0n) is 6.97. The van der Waals surface area contributed by atoms with Gasteiger partial charge in [0.2, 0.25) is 0 Å². The molecule has 1 aliphatic rings. The minimum atomic E-state index is 0.376. The van der Waals surface area contributed by atoms with Crippen molar-refractivity contribution < 1.29 is 4.74 Å². The average molecular weight is 143 g/mol. The molecule has 0 N–H and O–H groups in total. The Morgan fingerprint density at radius 3 is 2.40 bits per heavy atom. The van der Waals surface area contributed by atoms with Gasteiger partial charge in [-0.3, -0.25) is 4.90 Å². The van der Waals surface area contributed by atoms with Gasteiger partial charge in [-0.25, -0.2) is 0 Å². The van der Waals surface area contributed by atoms with Gasteiger partial charge in [-0.1, -0.05) is 0 Å². The lowest BCUT2D eigenvalue weighted by molar-refractivity contribution is 0.00375. The minimum Gasteiger partial charge on any atom is -0.363 e. The maximum atomic E-state index is 5.45. The summed E-state index contributed by atoms with van der Waals surface area (Å²) in [6.45, 7) is 7.45. The van der Waals surface area contributed by atoms with Gasteiger partial charge in [0.25, 0.3) is 0 Å². The van der Waals surface area contributed by atoms with E-state index in [1.807, 2.05) is 0 Å². The topological polar surface area (TPSA) is 12.5 Å². The van der Waals surface area contributed by atoms with E-state index in [0.29, 0.717) is 6.10 Å². The van der Waals surface area contributed by atoms with Crippen molar-refractivity contribution in [1.82, 2.24) is 4.90 Å². The summed E-state index contributed by atoms with van der Waals surface area (Å²) in [5.74, 6) is 0. The highest BCUT2D eigenvalue weighted by atomic mass is 16.5. The van der Waals surface area contributed by atoms with Crippen molar-refractivity contribution in [2.45, 2.75) is 32.8 Å². The number of hydrogen-bond acceptors (Lipinski definition) is 2. The molecule has 1 heterocycles. The highest BCUT2D eigenvalue weighted by Crippen LogP contribution is 2.06. The van der Waals surface area contributed by atoms with Gasteiger partial charge in [0.05, 0.1) is 12.8 Å². The van der Waals surface area contributed by atoms with Crippen LogP contribution in [0.25, 0.3) is 0 Å². The molecule has 1 rings (SSSR count). The van der Waals surface area contributed by atoms with Gasteiger partial charge in [0, 0.05) is 13.1 Å². The molecule has 1 aliphatic heterocycles. The molecule has 2 nitrogen and oxygen atoms in total. The number of ether oxygens (including phenoxy) is 1. The first-order valence-electron chi connectivity index (χ1n) is 4.13. The van der Waals surface area contributed by atoms with Crippen LogP contribution in [-0.4, -0.2) is 30.8 Å². The fourth-order valence-corrected chi connectivity index (χ4v) is 1.17. The molecule has 0 aromatic carbocycles. The van der Waals surface area contributed by atoms with Crippen molar-refractivity contribution in [3.63, 3.8) is 0 Å². The first kappa shape index (κ1) is 8.02. The molecule has 1 fully saturated rings. The second-order valence-corrected chi connectivity index (χ2v) is 3.17. The normalized spacial score (nSPS) is 20.7. The maximum Gasteiger partial charge on any atom is 0.0993 e. The number of nitrogens with zero attached hydrogens (tertiary/aromatic N) is 1. The molecule has 0 unspecified atom stereocenters. The molecule has 0 saturated carbocycles. The fraction of sp³-hybridized carbons (Fsp3) is 1.00. The van der Waals surface area contributed by atoms with Crippen molar-refractivity contribution >= 4 is 0 Å². The Balaban J connectivity index is 2.01. The molecule has 2 heteroatoms. The highest BCUT2D eigenvalue weighted by Gasteiger charge is 2.10. The fourth-order valence-electron chi connectivity index (χ4n) is 1.17. The third kappa shape index (κ3) is 2.67. The van der Waals surface area contributed by atoms with Gasteiger partial charge in [-0.05, 0) is 26.7 Å². The molecule has 0 bridgehead atoms. The summed E-state index contributed by atoms with van der Waals surface area (Å²) in [5, 5.41) is 0. The average Bonchev–Trinajstić information content (AvgIpc) is 2.34. The van der Waals surface area contributed by atoms with Gasteiger partial charge >= 0.3 is 0 Å². The standard InChI is InChI=1S/C8H17NO/c1-8(2)10-7-9-5-3-4-6-9/h8H,3-7H2,1-2H3. The number of rotatable bonds is 3. The predicted octanol–water partition coefficient (Wildman–Crippen LogP) is 1.46. The van der Waals surface area contributed by atoms with Gasteiger partial charge in [-0.2, -0.15) is 0 Å². The molecule has 0 aliphatic carbocycles. The van der Waals surface area contributed by atoms with E-state index in [2.05, 4.69) is 18.7 Å². The van der Waals surface area contributed by atoms with Crippen LogP contribution in [0.1, 0.15) is 26.7 Å². The van der Waals surface area contributed by atoms with Crippen LogP contribution in [0.5, 0.6) is 0 Å². The van der Waals surface area contributed by atoms with E-state index in [1.165, 1.54) is 25.9 Å². The summed E-state index contributed by atoms with van der Waals surface area (Å²) < 4.78 is 5.45. The molecular formula is C8H17NO. The van der Waals surface area contributed by atoms with E-state index in [0.717, 1.165) is 6.73 Å². The summed E-state index contributed by atoms with van der Waals surface area (Å²) in [6, 6.07) is 0. The SMILES string of the molecule is CC(C)OCN1CCCC1. The Morgan fingerprint density at radius 2 is 1.90 bits per heavy atom. The van der Waals surface area contributed by atoms with Crippen LogP contribution in [0.3, 0.4) is 0 Å². The van der Waals surface area contributed by atoms with Crippen LogP contribution < -0.4 is 0 Å². The zero-order valence-corrected chi connectivity index (χ0v) is 6.97. The van der Waals surface area contributed by atoms with Crippen molar-refractivity contribution in [2.24, 2.45) is 0 Å². The number of likely N-dealkylation sites (tertiary alicyclic amines) is 1. The Bertz CT molecular complexity index is 87.3. The zero-order chi connectivity index (χ0) is 7.40. The van der Waals surface area contributed by atoms with Crippen LogP contribution >= 0.6 is 0 Å². The van der Waals surface area contributed by atoms with Crippen molar-refractivity contribution in [1.29, 1.82) is 0 Å². The van der Waals surface area contributed by atoms with Crippen LogP contribution in [0.4, 0.5) is 0 Å². The third-order valence-electron chi connectivity index (χ3n) is 1.79. The first-order chi connectivity index (χ1) is 4.79. The van der Waals surface area contributed by atoms with E-state index in [-0.39, 0.29) is 0 Å². The third-order valence-corrected chi connectivity index (χ3v) is 1.79. The van der Waals surface area contributed by atoms with Crippen LogP contribution in [-0.2, 0) is 4.74 Å². The molecule has 10 heavy (non-hydrogen) atoms. The maximum absolute atomic E-state index is 5.45. The highest BCUT2D eigenvalue weighted by molar-refractivity contribution is 4.62. The van der Waals surface area contributed by atoms with E-state index < -0.39 is 0 Å². The lowest BCUT2D eigenvalue weighted by Crippen LogP contribution is -2.24. The summed E-state index contributed by atoms with van der Waals surface area (Å²) in [7, 11) is 0. The van der Waals surface area contributed by atoms with Crippen molar-refractivity contribution in [2.75, 3.05) is 19.8 Å². The monoisotopic (exact) mass is 143 g/mol. The Kier molecular flexibility index (Phi) is 3.16. The quantitative estimate of drug-likeness (QED) is 0.593. The molecule has 0 aromatic heterocycles. The molecular weight excluding hydrogens is 126 g/mol. The Morgan fingerprint density at radius 1 is 1.30 bits per heavy atom. The summed E-state index contributed by atoms with van der Waals surface area (Å²) in [4.78, 5) is 2.36. The summed E-state index contributed by atoms with van der Waals surface area (Å²) in [6.07, 6.45) is 3.07. The van der Waals surface area contributed by atoms with Gasteiger partial charge in [0.15, 0.2) is 0 Å². The predicted molar refractivity (Wildman–Crippen MR) is 41.9 cm³/mol. The van der Waals surface area contributed by atoms with E-state index in [9.17, 15) is 0 Å². The summed E-state index contributed by atoms with van der Waals surface area (Å²) >= 11 is 0. The van der Waals surface area contributed by atoms with Gasteiger partial charge in [-0.15, -0.1) is 0 Å². The van der Waals surface area contributed by atoms with Crippen LogP contribution in [0.2, 0.25) is 0 Å². The lowest BCUT2D eigenvalue weighted by Gasteiger charge is -2.16. The van der Waals surface area contributed by atoms with E-state index in [4.69, 9.17) is 4.74 Å². The van der Waals surface area contributed by atoms with E-state index >= 15 is 0 Å². The lowest BCUT2D eigenvalue weighted by atomic mass is 10.4. The summed E-state index contributed by atoms with van der Waals surface area (Å²) in [5.41, 5.74) is 0. The molecule has 1 saturated heterocycles. The second kappa shape index (κ2) is 3.94. The van der Waals surface area contributed by atoms with Crippen molar-refractivity contribution in [3.8, 4) is 0 Å². The smallest absolute Gasteiger partial charge is 0.0993 e. The van der Waals surface area contributed by atoms with Crippen LogP contribution in [0.15, 0.2) is 0 Å². The van der Waals surface area contributed by atoms with Gasteiger partial charge in [0.1, 0.15) is 0 Å². The number of hydrogen-bond donors (Lipinski definition) is 0. The Labute approximate surface area is 63.2 Å². The molecule has 0 amide bonds. The minimum absolute atomic E-state index is 0.376. The van der Waals surface area contributed by atoms with Crippen molar-refractivity contribution in [3.05, 3.63) is 0 Å². The molecule has 0 radical (unpaired) electrons. The van der Waals surface area contributed by atoms with Gasteiger partial charge < -0.3 is 4.74 Å². The molecule has 0 atom stereocenters. The molecule has 0 spiro atoms. The van der Waals surface area contributed by atoms with E-state index in [1.54, 1.807) is 0 Å². The molecule has 60 valence electrons. The largest absolute Gasteiger partial charge is 0.363 e. The second-order valence-electron chi connectivity index (χ2n) is 3.17. The first-order valence-corrected chi connectivity index (χ1v) is 4.13. The Hall–Kier alpha value is -0.0800. The molecule has 0 aromatic rings.